The number of carbonyl (C=O) groups is 1. The fourth-order valence-corrected chi connectivity index (χ4v) is 2.52. The lowest BCUT2D eigenvalue weighted by Gasteiger charge is -2.10. The predicted molar refractivity (Wildman–Crippen MR) is 97.1 cm³/mol. The van der Waals surface area contributed by atoms with E-state index in [1.54, 1.807) is 30.9 Å². The Morgan fingerprint density at radius 2 is 1.92 bits per heavy atom. The molecule has 0 radical (unpaired) electrons. The number of aromatic nitrogens is 2. The maximum atomic E-state index is 12.3. The molecule has 120 valence electrons. The molecule has 0 aliphatic carbocycles. The third kappa shape index (κ3) is 4.17. The summed E-state index contributed by atoms with van der Waals surface area (Å²) in [6.07, 6.45) is 6.65. The Kier molecular flexibility index (Phi) is 5.18. The molecule has 0 saturated heterocycles. The number of rotatable bonds is 5. The molecule has 0 unspecified atom stereocenters. The molecule has 0 atom stereocenters. The molecule has 3 rings (SSSR count). The molecule has 24 heavy (non-hydrogen) atoms. The van der Waals surface area contributed by atoms with Crippen LogP contribution < -0.4 is 10.6 Å². The maximum Gasteiger partial charge on any atom is 0.253 e. The maximum absolute atomic E-state index is 12.3. The summed E-state index contributed by atoms with van der Waals surface area (Å²) in [5.41, 5.74) is 3.10. The van der Waals surface area contributed by atoms with Crippen molar-refractivity contribution in [2.45, 2.75) is 6.54 Å². The monoisotopic (exact) mass is 382 g/mol. The van der Waals surface area contributed by atoms with Gasteiger partial charge in [0.1, 0.15) is 0 Å². The van der Waals surface area contributed by atoms with Crippen molar-refractivity contribution in [3.05, 3.63) is 82.9 Å². The molecule has 2 aromatic heterocycles. The van der Waals surface area contributed by atoms with Crippen molar-refractivity contribution in [3.63, 3.8) is 0 Å². The minimum absolute atomic E-state index is 0.179. The molecule has 0 fully saturated rings. The van der Waals surface area contributed by atoms with Crippen LogP contribution in [0, 0.1) is 0 Å². The third-order valence-electron chi connectivity index (χ3n) is 3.33. The molecule has 1 amide bonds. The summed E-state index contributed by atoms with van der Waals surface area (Å²) < 4.78 is 0.941. The standard InChI is InChI=1S/C18H15BrN4O/c19-16-5-1-2-6-17(16)23-15-8-14(11-21-12-15)18(24)22-10-13-4-3-7-20-9-13/h1-9,11-12,23H,10H2,(H,22,24). The van der Waals surface area contributed by atoms with Gasteiger partial charge in [0.25, 0.3) is 5.91 Å². The fourth-order valence-electron chi connectivity index (χ4n) is 2.14. The van der Waals surface area contributed by atoms with Crippen molar-refractivity contribution in [3.8, 4) is 0 Å². The van der Waals surface area contributed by atoms with Crippen LogP contribution in [0.4, 0.5) is 11.4 Å². The summed E-state index contributed by atoms with van der Waals surface area (Å²) >= 11 is 3.48. The van der Waals surface area contributed by atoms with Crippen molar-refractivity contribution in [2.75, 3.05) is 5.32 Å². The number of hydrogen-bond acceptors (Lipinski definition) is 4. The summed E-state index contributed by atoms with van der Waals surface area (Å²) in [6, 6.07) is 13.3. The van der Waals surface area contributed by atoms with Gasteiger partial charge in [0, 0.05) is 29.6 Å². The van der Waals surface area contributed by atoms with E-state index in [1.807, 2.05) is 36.4 Å². The first-order valence-electron chi connectivity index (χ1n) is 7.36. The van der Waals surface area contributed by atoms with Gasteiger partial charge in [-0.1, -0.05) is 18.2 Å². The van der Waals surface area contributed by atoms with Gasteiger partial charge in [-0.3, -0.25) is 14.8 Å². The molecule has 0 saturated carbocycles. The van der Waals surface area contributed by atoms with E-state index in [0.717, 1.165) is 21.4 Å². The first-order chi connectivity index (χ1) is 11.7. The Balaban J connectivity index is 1.68. The van der Waals surface area contributed by atoms with Gasteiger partial charge in [0.05, 0.1) is 23.1 Å². The second-order valence-electron chi connectivity index (χ2n) is 5.11. The minimum Gasteiger partial charge on any atom is -0.353 e. The molecule has 0 aliphatic heterocycles. The van der Waals surface area contributed by atoms with Gasteiger partial charge in [-0.05, 0) is 45.8 Å². The second kappa shape index (κ2) is 7.70. The number of anilines is 2. The SMILES string of the molecule is O=C(NCc1cccnc1)c1cncc(Nc2ccccc2Br)c1. The van der Waals surface area contributed by atoms with Gasteiger partial charge in [-0.25, -0.2) is 0 Å². The summed E-state index contributed by atoms with van der Waals surface area (Å²) in [6.45, 7) is 0.425. The van der Waals surface area contributed by atoms with E-state index in [4.69, 9.17) is 0 Å². The number of halogens is 1. The van der Waals surface area contributed by atoms with E-state index in [2.05, 4.69) is 36.5 Å². The third-order valence-corrected chi connectivity index (χ3v) is 4.02. The number of nitrogens with zero attached hydrogens (tertiary/aromatic N) is 2. The van der Waals surface area contributed by atoms with Crippen molar-refractivity contribution in [1.29, 1.82) is 0 Å². The van der Waals surface area contributed by atoms with Crippen LogP contribution in [0.1, 0.15) is 15.9 Å². The van der Waals surface area contributed by atoms with Crippen LogP contribution in [0.5, 0.6) is 0 Å². The first-order valence-corrected chi connectivity index (χ1v) is 8.15. The molecule has 1 aromatic carbocycles. The number of pyridine rings is 2. The molecule has 5 nitrogen and oxygen atoms in total. The van der Waals surface area contributed by atoms with E-state index < -0.39 is 0 Å². The number of hydrogen-bond donors (Lipinski definition) is 2. The Bertz CT molecular complexity index is 839. The van der Waals surface area contributed by atoms with Crippen LogP contribution in [0.3, 0.4) is 0 Å². The van der Waals surface area contributed by atoms with Crippen molar-refractivity contribution in [2.24, 2.45) is 0 Å². The van der Waals surface area contributed by atoms with Gasteiger partial charge in [-0.2, -0.15) is 0 Å². The van der Waals surface area contributed by atoms with Crippen LogP contribution in [0.2, 0.25) is 0 Å². The molecule has 0 bridgehead atoms. The highest BCUT2D eigenvalue weighted by molar-refractivity contribution is 9.10. The number of nitrogens with one attached hydrogen (secondary N) is 2. The largest absolute Gasteiger partial charge is 0.353 e. The molecule has 2 N–H and O–H groups in total. The topological polar surface area (TPSA) is 66.9 Å². The fraction of sp³-hybridized carbons (Fsp3) is 0.0556. The summed E-state index contributed by atoms with van der Waals surface area (Å²) in [5.74, 6) is -0.179. The van der Waals surface area contributed by atoms with Gasteiger partial charge in [0.15, 0.2) is 0 Å². The van der Waals surface area contributed by atoms with Crippen molar-refractivity contribution < 1.29 is 4.79 Å². The summed E-state index contributed by atoms with van der Waals surface area (Å²) in [4.78, 5) is 20.4. The lowest BCUT2D eigenvalue weighted by Crippen LogP contribution is -2.23. The number of benzene rings is 1. The zero-order chi connectivity index (χ0) is 16.8. The lowest BCUT2D eigenvalue weighted by atomic mass is 10.2. The van der Waals surface area contributed by atoms with Crippen LogP contribution in [-0.2, 0) is 6.54 Å². The molecule has 0 aliphatic rings. The average molecular weight is 383 g/mol. The van der Waals surface area contributed by atoms with E-state index in [9.17, 15) is 4.79 Å². The van der Waals surface area contributed by atoms with Crippen LogP contribution >= 0.6 is 15.9 Å². The Morgan fingerprint density at radius 1 is 1.04 bits per heavy atom. The molecule has 2 heterocycles. The van der Waals surface area contributed by atoms with Crippen molar-refractivity contribution >= 4 is 33.2 Å². The van der Waals surface area contributed by atoms with Crippen molar-refractivity contribution in [1.82, 2.24) is 15.3 Å². The Labute approximate surface area is 148 Å². The van der Waals surface area contributed by atoms with E-state index in [1.165, 1.54) is 0 Å². The number of para-hydroxylation sites is 1. The average Bonchev–Trinajstić information content (AvgIpc) is 2.63. The summed E-state index contributed by atoms with van der Waals surface area (Å²) in [5, 5.41) is 6.10. The lowest BCUT2D eigenvalue weighted by molar-refractivity contribution is 0.0950. The quantitative estimate of drug-likeness (QED) is 0.701. The molecule has 0 spiro atoms. The molecule has 6 heteroatoms. The van der Waals surface area contributed by atoms with E-state index >= 15 is 0 Å². The first kappa shape index (κ1) is 16.1. The highest BCUT2D eigenvalue weighted by Gasteiger charge is 2.08. The normalized spacial score (nSPS) is 10.2. The minimum atomic E-state index is -0.179. The zero-order valence-corrected chi connectivity index (χ0v) is 14.3. The smallest absolute Gasteiger partial charge is 0.253 e. The van der Waals surface area contributed by atoms with Crippen LogP contribution in [-0.4, -0.2) is 15.9 Å². The highest BCUT2D eigenvalue weighted by atomic mass is 79.9. The van der Waals surface area contributed by atoms with Gasteiger partial charge >= 0.3 is 0 Å². The van der Waals surface area contributed by atoms with Gasteiger partial charge < -0.3 is 10.6 Å². The number of amides is 1. The zero-order valence-electron chi connectivity index (χ0n) is 12.7. The Morgan fingerprint density at radius 3 is 2.71 bits per heavy atom. The molecule has 3 aromatic rings. The summed E-state index contributed by atoms with van der Waals surface area (Å²) in [7, 11) is 0. The molecular formula is C18H15BrN4O. The van der Waals surface area contributed by atoms with Crippen LogP contribution in [0.15, 0.2) is 71.7 Å². The van der Waals surface area contributed by atoms with Crippen LogP contribution in [0.25, 0.3) is 0 Å². The Hall–Kier alpha value is -2.73. The predicted octanol–water partition coefficient (Wildman–Crippen LogP) is 3.91. The van der Waals surface area contributed by atoms with Gasteiger partial charge in [-0.15, -0.1) is 0 Å². The number of carbonyl (C=O) groups excluding carboxylic acids is 1. The van der Waals surface area contributed by atoms with Gasteiger partial charge in [0.2, 0.25) is 0 Å². The second-order valence-corrected chi connectivity index (χ2v) is 5.97. The molecular weight excluding hydrogens is 368 g/mol. The van der Waals surface area contributed by atoms with E-state index in [-0.39, 0.29) is 5.91 Å². The highest BCUT2D eigenvalue weighted by Crippen LogP contribution is 2.25. The van der Waals surface area contributed by atoms with E-state index in [0.29, 0.717) is 12.1 Å².